The van der Waals surface area contributed by atoms with Crippen LogP contribution in [0.3, 0.4) is 0 Å². The smallest absolute Gasteiger partial charge is 0.275 e. The molecule has 6 heteroatoms. The third-order valence-electron chi connectivity index (χ3n) is 5.24. The number of hydrogen-bond donors (Lipinski definition) is 0. The number of rotatable bonds is 3. The zero-order valence-electron chi connectivity index (χ0n) is 15.8. The minimum atomic E-state index is -0.0909. The molecule has 0 saturated heterocycles. The lowest BCUT2D eigenvalue weighted by molar-refractivity contribution is 0.0729. The van der Waals surface area contributed by atoms with Gasteiger partial charge in [0.1, 0.15) is 11.4 Å². The van der Waals surface area contributed by atoms with Crippen LogP contribution in [0.5, 0.6) is 5.75 Å². The molecule has 1 aliphatic heterocycles. The SMILES string of the molecule is COc1ccc(CN2Cc3ccccc3-c3c(nc4ccc(Cl)cn34)C2=O)cc1. The Hall–Kier alpha value is -3.31. The minimum absolute atomic E-state index is 0.0909. The summed E-state index contributed by atoms with van der Waals surface area (Å²) in [7, 11) is 1.64. The number of amides is 1. The van der Waals surface area contributed by atoms with Crippen LogP contribution in [0.25, 0.3) is 16.9 Å². The maximum atomic E-state index is 13.5. The summed E-state index contributed by atoms with van der Waals surface area (Å²) >= 11 is 6.23. The van der Waals surface area contributed by atoms with Crippen LogP contribution in [0.15, 0.2) is 66.9 Å². The van der Waals surface area contributed by atoms with Gasteiger partial charge in [-0.25, -0.2) is 4.98 Å². The van der Waals surface area contributed by atoms with E-state index in [1.165, 1.54) is 0 Å². The lowest BCUT2D eigenvalue weighted by Gasteiger charge is -2.21. The molecule has 0 aliphatic carbocycles. The van der Waals surface area contributed by atoms with Crippen molar-refractivity contribution in [2.45, 2.75) is 13.1 Å². The van der Waals surface area contributed by atoms with Gasteiger partial charge in [-0.1, -0.05) is 48.0 Å². The quantitative estimate of drug-likeness (QED) is 0.492. The average molecular weight is 404 g/mol. The number of pyridine rings is 1. The fourth-order valence-electron chi connectivity index (χ4n) is 3.82. The highest BCUT2D eigenvalue weighted by Crippen LogP contribution is 2.34. The second-order valence-electron chi connectivity index (χ2n) is 7.05. The summed E-state index contributed by atoms with van der Waals surface area (Å²) in [5.41, 5.74) is 5.06. The summed E-state index contributed by atoms with van der Waals surface area (Å²) in [5.74, 6) is 0.702. The molecule has 2 aromatic heterocycles. The molecule has 0 N–H and O–H groups in total. The molecule has 5 rings (SSSR count). The molecule has 144 valence electrons. The zero-order valence-corrected chi connectivity index (χ0v) is 16.6. The van der Waals surface area contributed by atoms with E-state index in [1.807, 2.05) is 64.0 Å². The number of hydrogen-bond acceptors (Lipinski definition) is 3. The number of imidazole rings is 1. The highest BCUT2D eigenvalue weighted by Gasteiger charge is 2.30. The fraction of sp³-hybridized carbons (Fsp3) is 0.130. The Balaban J connectivity index is 1.64. The predicted molar refractivity (Wildman–Crippen MR) is 112 cm³/mol. The van der Waals surface area contributed by atoms with Gasteiger partial charge in [-0.05, 0) is 35.4 Å². The first-order chi connectivity index (χ1) is 14.1. The minimum Gasteiger partial charge on any atom is -0.497 e. The average Bonchev–Trinajstić information content (AvgIpc) is 3.07. The molecule has 0 radical (unpaired) electrons. The normalized spacial score (nSPS) is 13.2. The van der Waals surface area contributed by atoms with Gasteiger partial charge < -0.3 is 9.64 Å². The van der Waals surface area contributed by atoms with E-state index >= 15 is 0 Å². The molecule has 0 bridgehead atoms. The van der Waals surface area contributed by atoms with Crippen molar-refractivity contribution >= 4 is 23.2 Å². The highest BCUT2D eigenvalue weighted by atomic mass is 35.5. The van der Waals surface area contributed by atoms with Gasteiger partial charge in [0.15, 0.2) is 5.69 Å². The van der Waals surface area contributed by atoms with Crippen LogP contribution in [0, 0.1) is 0 Å². The molecular weight excluding hydrogens is 386 g/mol. The first-order valence-electron chi connectivity index (χ1n) is 9.32. The third-order valence-corrected chi connectivity index (χ3v) is 5.46. The van der Waals surface area contributed by atoms with E-state index < -0.39 is 0 Å². The van der Waals surface area contributed by atoms with Crippen LogP contribution in [0.4, 0.5) is 0 Å². The molecule has 2 aromatic carbocycles. The molecule has 0 unspecified atom stereocenters. The monoisotopic (exact) mass is 403 g/mol. The van der Waals surface area contributed by atoms with Crippen LogP contribution in [0.2, 0.25) is 5.02 Å². The Kier molecular flexibility index (Phi) is 4.25. The van der Waals surface area contributed by atoms with Crippen molar-refractivity contribution in [1.29, 1.82) is 0 Å². The lowest BCUT2D eigenvalue weighted by Crippen LogP contribution is -2.29. The van der Waals surface area contributed by atoms with Crippen LogP contribution in [-0.2, 0) is 13.1 Å². The first kappa shape index (κ1) is 17.8. The Morgan fingerprint density at radius 2 is 1.86 bits per heavy atom. The van der Waals surface area contributed by atoms with Gasteiger partial charge in [0.2, 0.25) is 0 Å². The molecule has 1 amide bonds. The van der Waals surface area contributed by atoms with Crippen LogP contribution in [0.1, 0.15) is 21.6 Å². The number of ether oxygens (including phenoxy) is 1. The number of carbonyl (C=O) groups is 1. The van der Waals surface area contributed by atoms with Gasteiger partial charge in [0.25, 0.3) is 5.91 Å². The van der Waals surface area contributed by atoms with Crippen molar-refractivity contribution in [2.24, 2.45) is 0 Å². The number of fused-ring (bicyclic) bond motifs is 5. The summed E-state index contributed by atoms with van der Waals surface area (Å²) in [6.07, 6.45) is 1.81. The van der Waals surface area contributed by atoms with Crippen molar-refractivity contribution in [3.8, 4) is 17.0 Å². The number of aromatic nitrogens is 2. The Morgan fingerprint density at radius 1 is 1.07 bits per heavy atom. The molecule has 0 fully saturated rings. The number of benzene rings is 2. The molecule has 0 atom stereocenters. The van der Waals surface area contributed by atoms with E-state index in [-0.39, 0.29) is 5.91 Å². The summed E-state index contributed by atoms with van der Waals surface area (Å²) < 4.78 is 7.14. The van der Waals surface area contributed by atoms with Crippen LogP contribution in [-0.4, -0.2) is 27.3 Å². The maximum Gasteiger partial charge on any atom is 0.275 e. The van der Waals surface area contributed by atoms with Crippen molar-refractivity contribution in [2.75, 3.05) is 7.11 Å². The lowest BCUT2D eigenvalue weighted by atomic mass is 10.0. The highest BCUT2D eigenvalue weighted by molar-refractivity contribution is 6.30. The van der Waals surface area contributed by atoms with Gasteiger partial charge in [-0.3, -0.25) is 9.20 Å². The fourth-order valence-corrected chi connectivity index (χ4v) is 3.98. The number of halogens is 1. The van der Waals surface area contributed by atoms with Gasteiger partial charge in [0, 0.05) is 24.8 Å². The van der Waals surface area contributed by atoms with E-state index in [9.17, 15) is 4.79 Å². The van der Waals surface area contributed by atoms with Crippen molar-refractivity contribution in [3.63, 3.8) is 0 Å². The third kappa shape index (κ3) is 3.04. The second kappa shape index (κ2) is 6.94. The molecule has 0 saturated carbocycles. The second-order valence-corrected chi connectivity index (χ2v) is 7.49. The first-order valence-corrected chi connectivity index (χ1v) is 9.70. The van der Waals surface area contributed by atoms with Crippen molar-refractivity contribution in [1.82, 2.24) is 14.3 Å². The number of carbonyl (C=O) groups excluding carboxylic acids is 1. The van der Waals surface area contributed by atoms with Gasteiger partial charge in [-0.15, -0.1) is 0 Å². The summed E-state index contributed by atoms with van der Waals surface area (Å²) in [5, 5.41) is 0.599. The Morgan fingerprint density at radius 3 is 2.66 bits per heavy atom. The van der Waals surface area contributed by atoms with E-state index in [0.717, 1.165) is 28.1 Å². The van der Waals surface area contributed by atoms with E-state index in [4.69, 9.17) is 16.3 Å². The molecule has 4 aromatic rings. The van der Waals surface area contributed by atoms with Gasteiger partial charge >= 0.3 is 0 Å². The predicted octanol–water partition coefficient (Wildman–Crippen LogP) is 4.82. The molecule has 1 aliphatic rings. The largest absolute Gasteiger partial charge is 0.497 e. The summed E-state index contributed by atoms with van der Waals surface area (Å²) in [6.45, 7) is 1.01. The molecule has 5 nitrogen and oxygen atoms in total. The molecule has 3 heterocycles. The number of methoxy groups -OCH3 is 1. The maximum absolute atomic E-state index is 13.5. The summed E-state index contributed by atoms with van der Waals surface area (Å²) in [4.78, 5) is 20.0. The zero-order chi connectivity index (χ0) is 20.0. The summed E-state index contributed by atoms with van der Waals surface area (Å²) in [6, 6.07) is 19.5. The molecular formula is C23H18ClN3O2. The standard InChI is InChI=1S/C23H18ClN3O2/c1-29-18-9-6-15(7-10-18)12-26-13-16-4-2-3-5-19(16)22-21(23(26)28)25-20-11-8-17(24)14-27(20)22/h2-11,14H,12-13H2,1H3. The topological polar surface area (TPSA) is 46.8 Å². The molecule has 29 heavy (non-hydrogen) atoms. The van der Waals surface area contributed by atoms with Crippen molar-refractivity contribution < 1.29 is 9.53 Å². The van der Waals surface area contributed by atoms with Crippen molar-refractivity contribution in [3.05, 3.63) is 88.7 Å². The van der Waals surface area contributed by atoms with Gasteiger partial charge in [0.05, 0.1) is 17.8 Å². The van der Waals surface area contributed by atoms with E-state index in [0.29, 0.717) is 29.5 Å². The number of nitrogens with zero attached hydrogens (tertiary/aromatic N) is 3. The van der Waals surface area contributed by atoms with E-state index in [1.54, 1.807) is 13.2 Å². The van der Waals surface area contributed by atoms with E-state index in [2.05, 4.69) is 11.1 Å². The van der Waals surface area contributed by atoms with Crippen LogP contribution >= 0.6 is 11.6 Å². The van der Waals surface area contributed by atoms with Crippen LogP contribution < -0.4 is 4.74 Å². The van der Waals surface area contributed by atoms with Gasteiger partial charge in [-0.2, -0.15) is 0 Å². The molecule has 0 spiro atoms. The Labute approximate surface area is 173 Å². The Bertz CT molecular complexity index is 1230.